The van der Waals surface area contributed by atoms with Crippen LogP contribution in [0, 0.1) is 11.6 Å². The summed E-state index contributed by atoms with van der Waals surface area (Å²) in [6.07, 6.45) is 1.08. The van der Waals surface area contributed by atoms with Crippen molar-refractivity contribution in [3.8, 4) is 17.2 Å². The number of phenolic OH excluding ortho intramolecular Hbond substituents is 1. The van der Waals surface area contributed by atoms with Crippen LogP contribution in [0.4, 0.5) is 8.78 Å². The number of rotatable bonds is 5. The summed E-state index contributed by atoms with van der Waals surface area (Å²) in [5, 5.41) is 23.4. The molecule has 2 aromatic carbocycles. The fourth-order valence-corrected chi connectivity index (χ4v) is 4.15. The van der Waals surface area contributed by atoms with Crippen molar-refractivity contribution in [1.29, 1.82) is 0 Å². The second kappa shape index (κ2) is 7.98. The predicted molar refractivity (Wildman–Crippen MR) is 114 cm³/mol. The zero-order chi connectivity index (χ0) is 24.9. The van der Waals surface area contributed by atoms with E-state index in [0.29, 0.717) is 6.07 Å². The third-order valence-electron chi connectivity index (χ3n) is 5.89. The number of allylic oxidation sites excluding steroid dienone is 3. The Balaban J connectivity index is 1.80. The van der Waals surface area contributed by atoms with Crippen molar-refractivity contribution in [3.05, 3.63) is 75.8 Å². The molecule has 8 nitrogen and oxygen atoms in total. The molecule has 176 valence electrons. The number of nitrogens with one attached hydrogen (secondary N) is 1. The molecule has 4 rings (SSSR count). The van der Waals surface area contributed by atoms with E-state index in [4.69, 9.17) is 9.47 Å². The molecule has 1 atom stereocenters. The largest absolute Gasteiger partial charge is 0.507 e. The lowest BCUT2D eigenvalue weighted by molar-refractivity contribution is -0.123. The number of halogens is 2. The smallest absolute Gasteiger partial charge is 0.259 e. The molecular formula is C24H19F2NO7. The predicted octanol–water partition coefficient (Wildman–Crippen LogP) is 3.13. The highest BCUT2D eigenvalue weighted by molar-refractivity contribution is 6.25. The Morgan fingerprint density at radius 1 is 1.21 bits per heavy atom. The van der Waals surface area contributed by atoms with Gasteiger partial charge in [0.2, 0.25) is 0 Å². The number of Topliss-reactive ketones (excluding diaryl/α,β-unsaturated/α-hetero) is 2. The van der Waals surface area contributed by atoms with Crippen molar-refractivity contribution in [2.75, 3.05) is 7.11 Å². The van der Waals surface area contributed by atoms with Gasteiger partial charge in [0.15, 0.2) is 17.3 Å². The maximum absolute atomic E-state index is 14.0. The topological polar surface area (TPSA) is 122 Å². The second-order valence-electron chi connectivity index (χ2n) is 7.98. The summed E-state index contributed by atoms with van der Waals surface area (Å²) in [6.45, 7) is 2.20. The number of benzene rings is 2. The molecule has 0 fully saturated rings. The highest BCUT2D eigenvalue weighted by Crippen LogP contribution is 2.56. The summed E-state index contributed by atoms with van der Waals surface area (Å²) in [7, 11) is 1.24. The van der Waals surface area contributed by atoms with Gasteiger partial charge in [0.25, 0.3) is 5.91 Å². The van der Waals surface area contributed by atoms with Gasteiger partial charge < -0.3 is 25.0 Å². The molecular weight excluding hydrogens is 452 g/mol. The average molecular weight is 471 g/mol. The fraction of sp³-hybridized carbons (Fsp3) is 0.208. The standard InChI is InChI=1S/C24H19F2NO7/c1-10(28)18-14(29)8-17-24(2,22(18)31)20-15(30)7-16(33-3)19(21(20)34-17)23(32)27-9-11-4-5-12(25)6-13(11)26/h4-8,29-30H,9H2,1-3H3,(H,27,32)/t24-/m1/s1. The normalized spacial score (nSPS) is 18.6. The average Bonchev–Trinajstić information content (AvgIpc) is 3.06. The molecule has 0 spiro atoms. The van der Waals surface area contributed by atoms with Gasteiger partial charge in [0.1, 0.15) is 51.2 Å². The first kappa shape index (κ1) is 23.0. The van der Waals surface area contributed by atoms with Gasteiger partial charge in [-0.15, -0.1) is 0 Å². The summed E-state index contributed by atoms with van der Waals surface area (Å²) >= 11 is 0. The summed E-state index contributed by atoms with van der Waals surface area (Å²) < 4.78 is 38.1. The summed E-state index contributed by atoms with van der Waals surface area (Å²) in [6, 6.07) is 4.01. The van der Waals surface area contributed by atoms with Gasteiger partial charge in [0.05, 0.1) is 12.7 Å². The fourth-order valence-electron chi connectivity index (χ4n) is 4.15. The first-order valence-electron chi connectivity index (χ1n) is 10.1. The minimum absolute atomic E-state index is 0.0174. The number of carbonyl (C=O) groups is 3. The van der Waals surface area contributed by atoms with Crippen molar-refractivity contribution in [3.63, 3.8) is 0 Å². The summed E-state index contributed by atoms with van der Waals surface area (Å²) in [4.78, 5) is 38.3. The van der Waals surface area contributed by atoms with Crippen molar-refractivity contribution in [1.82, 2.24) is 5.32 Å². The van der Waals surface area contributed by atoms with Gasteiger partial charge >= 0.3 is 0 Å². The minimum atomic E-state index is -1.70. The Morgan fingerprint density at radius 2 is 1.91 bits per heavy atom. The van der Waals surface area contributed by atoms with Gasteiger partial charge in [-0.05, 0) is 19.9 Å². The van der Waals surface area contributed by atoms with E-state index < -0.39 is 51.6 Å². The van der Waals surface area contributed by atoms with Crippen LogP contribution in [0.3, 0.4) is 0 Å². The van der Waals surface area contributed by atoms with E-state index in [1.807, 2.05) is 0 Å². The third-order valence-corrected chi connectivity index (χ3v) is 5.89. The molecule has 34 heavy (non-hydrogen) atoms. The number of hydrogen-bond donors (Lipinski definition) is 3. The van der Waals surface area contributed by atoms with Gasteiger partial charge in [0, 0.05) is 30.3 Å². The molecule has 0 saturated carbocycles. The lowest BCUT2D eigenvalue weighted by Crippen LogP contribution is -2.38. The molecule has 1 amide bonds. The Labute approximate surface area is 192 Å². The highest BCUT2D eigenvalue weighted by atomic mass is 19.1. The van der Waals surface area contributed by atoms with Gasteiger partial charge in [-0.2, -0.15) is 0 Å². The number of amides is 1. The van der Waals surface area contributed by atoms with Crippen LogP contribution in [0.5, 0.6) is 17.2 Å². The maximum Gasteiger partial charge on any atom is 0.259 e. The van der Waals surface area contributed by atoms with Crippen LogP contribution in [0.25, 0.3) is 0 Å². The van der Waals surface area contributed by atoms with E-state index in [9.17, 15) is 33.4 Å². The lowest BCUT2D eigenvalue weighted by Gasteiger charge is -2.27. The van der Waals surface area contributed by atoms with Gasteiger partial charge in [-0.3, -0.25) is 14.4 Å². The second-order valence-corrected chi connectivity index (χ2v) is 7.98. The van der Waals surface area contributed by atoms with Gasteiger partial charge in [-0.25, -0.2) is 8.78 Å². The van der Waals surface area contributed by atoms with Crippen molar-refractivity contribution in [2.45, 2.75) is 25.8 Å². The Morgan fingerprint density at radius 3 is 2.53 bits per heavy atom. The molecule has 2 aromatic rings. The zero-order valence-electron chi connectivity index (χ0n) is 18.3. The van der Waals surface area contributed by atoms with Crippen LogP contribution in [0.15, 0.2) is 47.4 Å². The molecule has 1 aliphatic heterocycles. The summed E-state index contributed by atoms with van der Waals surface area (Å²) in [5.74, 6) is -5.36. The Bertz CT molecular complexity index is 1350. The minimum Gasteiger partial charge on any atom is -0.507 e. The lowest BCUT2D eigenvalue weighted by atomic mass is 9.71. The number of aliphatic hydroxyl groups is 1. The van der Waals surface area contributed by atoms with Crippen LogP contribution in [-0.2, 0) is 21.5 Å². The van der Waals surface area contributed by atoms with Crippen molar-refractivity contribution < 1.29 is 42.9 Å². The first-order chi connectivity index (χ1) is 16.0. The molecule has 1 aliphatic carbocycles. The number of aromatic hydroxyl groups is 1. The number of hydrogen-bond acceptors (Lipinski definition) is 7. The molecule has 2 aliphatic rings. The van der Waals surface area contributed by atoms with Crippen LogP contribution in [0.1, 0.15) is 35.3 Å². The van der Waals surface area contributed by atoms with Crippen molar-refractivity contribution >= 4 is 17.5 Å². The highest BCUT2D eigenvalue weighted by Gasteiger charge is 2.55. The van der Waals surface area contributed by atoms with Crippen LogP contribution in [0.2, 0.25) is 0 Å². The van der Waals surface area contributed by atoms with Crippen molar-refractivity contribution in [2.24, 2.45) is 0 Å². The monoisotopic (exact) mass is 471 g/mol. The number of ketones is 2. The number of ether oxygens (including phenoxy) is 2. The molecule has 3 N–H and O–H groups in total. The van der Waals surface area contributed by atoms with Gasteiger partial charge in [-0.1, -0.05) is 6.07 Å². The third kappa shape index (κ3) is 3.30. The number of carbonyl (C=O) groups excluding carboxylic acids is 3. The number of aliphatic hydroxyl groups excluding tert-OH is 1. The van der Waals surface area contributed by atoms with Crippen LogP contribution < -0.4 is 14.8 Å². The van der Waals surface area contributed by atoms with Crippen LogP contribution in [-0.4, -0.2) is 34.8 Å². The quantitative estimate of drug-likeness (QED) is 0.573. The Kier molecular flexibility index (Phi) is 5.39. The van der Waals surface area contributed by atoms with E-state index in [1.54, 1.807) is 0 Å². The summed E-state index contributed by atoms with van der Waals surface area (Å²) in [5.41, 5.74) is -2.43. The van der Waals surface area contributed by atoms with Crippen LogP contribution >= 0.6 is 0 Å². The van der Waals surface area contributed by atoms with E-state index >= 15 is 0 Å². The molecule has 0 unspecified atom stereocenters. The van der Waals surface area contributed by atoms with E-state index in [2.05, 4.69) is 5.32 Å². The molecule has 0 saturated heterocycles. The van der Waals surface area contributed by atoms with E-state index in [-0.39, 0.29) is 40.5 Å². The SMILES string of the molecule is COc1cc(O)c2c(c1C(=O)NCc1ccc(F)cc1F)OC1=CC(O)=C(C(C)=O)C(=O)[C@]12C. The molecule has 10 heteroatoms. The molecule has 0 bridgehead atoms. The Hall–Kier alpha value is -4.21. The number of phenols is 1. The maximum atomic E-state index is 14.0. The molecule has 0 aromatic heterocycles. The van der Waals surface area contributed by atoms with E-state index in [1.165, 1.54) is 20.1 Å². The first-order valence-corrected chi connectivity index (χ1v) is 10.1. The number of fused-ring (bicyclic) bond motifs is 3. The molecule has 1 heterocycles. The number of methoxy groups -OCH3 is 1. The van der Waals surface area contributed by atoms with E-state index in [0.717, 1.165) is 25.1 Å². The zero-order valence-corrected chi connectivity index (χ0v) is 18.3. The molecule has 0 radical (unpaired) electrons.